The number of amides is 1. The third kappa shape index (κ3) is 2.02. The number of hydrogen-bond acceptors (Lipinski definition) is 3. The van der Waals surface area contributed by atoms with Gasteiger partial charge >= 0.3 is 0 Å². The molecule has 0 spiro atoms. The summed E-state index contributed by atoms with van der Waals surface area (Å²) in [6, 6.07) is 3.52. The molecule has 0 aromatic carbocycles. The molecule has 0 bridgehead atoms. The van der Waals surface area contributed by atoms with Crippen LogP contribution >= 0.6 is 22.9 Å². The molecule has 2 N–H and O–H groups in total. The highest BCUT2D eigenvalue weighted by Crippen LogP contribution is 2.41. The lowest BCUT2D eigenvalue weighted by Crippen LogP contribution is -2.44. The zero-order chi connectivity index (χ0) is 10.9. The third-order valence-electron chi connectivity index (χ3n) is 2.90. The van der Waals surface area contributed by atoms with Crippen LogP contribution < -0.4 is 5.32 Å². The van der Waals surface area contributed by atoms with Gasteiger partial charge in [0.2, 0.25) is 5.91 Å². The molecular weight excluding hydrogens is 234 g/mol. The number of carbonyl (C=O) groups is 1. The van der Waals surface area contributed by atoms with Crippen LogP contribution in [-0.2, 0) is 4.79 Å². The quantitative estimate of drug-likeness (QED) is 0.860. The Hall–Kier alpha value is -0.580. The second kappa shape index (κ2) is 4.12. The van der Waals surface area contributed by atoms with E-state index < -0.39 is 5.41 Å². The zero-order valence-corrected chi connectivity index (χ0v) is 9.70. The Morgan fingerprint density at radius 1 is 1.60 bits per heavy atom. The fraction of sp³-hybridized carbons (Fsp3) is 0.500. The Morgan fingerprint density at radius 2 is 2.33 bits per heavy atom. The van der Waals surface area contributed by atoms with Crippen LogP contribution in [0.25, 0.3) is 0 Å². The highest BCUT2D eigenvalue weighted by Gasteiger charge is 2.43. The van der Waals surface area contributed by atoms with E-state index in [1.807, 2.05) is 0 Å². The van der Waals surface area contributed by atoms with E-state index in [-0.39, 0.29) is 12.5 Å². The normalized spacial score (nSPS) is 18.3. The molecular formula is C10H12ClNO2S. The van der Waals surface area contributed by atoms with E-state index in [1.165, 1.54) is 11.3 Å². The van der Waals surface area contributed by atoms with Gasteiger partial charge in [0.15, 0.2) is 0 Å². The second-order valence-corrected chi connectivity index (χ2v) is 5.56. The zero-order valence-electron chi connectivity index (χ0n) is 8.12. The van der Waals surface area contributed by atoms with Gasteiger partial charge < -0.3 is 10.4 Å². The van der Waals surface area contributed by atoms with Crippen LogP contribution in [-0.4, -0.2) is 17.6 Å². The molecule has 3 nitrogen and oxygen atoms in total. The van der Waals surface area contributed by atoms with E-state index in [0.29, 0.717) is 4.34 Å². The minimum atomic E-state index is -0.545. The van der Waals surface area contributed by atoms with Crippen LogP contribution in [0.1, 0.15) is 19.3 Å². The lowest BCUT2D eigenvalue weighted by molar-refractivity contribution is -0.133. The monoisotopic (exact) mass is 245 g/mol. The Morgan fingerprint density at radius 3 is 2.73 bits per heavy atom. The van der Waals surface area contributed by atoms with E-state index in [9.17, 15) is 9.90 Å². The number of rotatable bonds is 3. The smallest absolute Gasteiger partial charge is 0.233 e. The van der Waals surface area contributed by atoms with Gasteiger partial charge in [0.05, 0.1) is 21.4 Å². The molecule has 0 radical (unpaired) electrons. The average Bonchev–Trinajstić information content (AvgIpc) is 2.50. The molecule has 1 aromatic rings. The lowest BCUT2D eigenvalue weighted by atomic mass is 9.69. The van der Waals surface area contributed by atoms with E-state index >= 15 is 0 Å². The predicted molar refractivity (Wildman–Crippen MR) is 61.3 cm³/mol. The molecule has 0 atom stereocenters. The largest absolute Gasteiger partial charge is 0.395 e. The fourth-order valence-electron chi connectivity index (χ4n) is 1.69. The topological polar surface area (TPSA) is 49.3 Å². The van der Waals surface area contributed by atoms with Crippen LogP contribution in [0, 0.1) is 5.41 Å². The number of carbonyl (C=O) groups excluding carboxylic acids is 1. The van der Waals surface area contributed by atoms with Crippen molar-refractivity contribution in [3.8, 4) is 0 Å². The van der Waals surface area contributed by atoms with E-state index in [0.717, 1.165) is 24.3 Å². The van der Waals surface area contributed by atoms with Crippen molar-refractivity contribution in [1.82, 2.24) is 0 Å². The number of aliphatic hydroxyl groups excluding tert-OH is 1. The maximum Gasteiger partial charge on any atom is 0.233 e. The fourth-order valence-corrected chi connectivity index (χ4v) is 2.62. The maximum absolute atomic E-state index is 11.8. The van der Waals surface area contributed by atoms with Crippen molar-refractivity contribution in [3.63, 3.8) is 0 Å². The summed E-state index contributed by atoms with van der Waals surface area (Å²) in [5.74, 6) is -0.0882. The molecule has 1 saturated carbocycles. The number of thiophene rings is 1. The van der Waals surface area contributed by atoms with Crippen LogP contribution in [0.3, 0.4) is 0 Å². The van der Waals surface area contributed by atoms with Crippen LogP contribution in [0.15, 0.2) is 12.1 Å². The summed E-state index contributed by atoms with van der Waals surface area (Å²) >= 11 is 7.09. The first-order chi connectivity index (χ1) is 7.16. The van der Waals surface area contributed by atoms with Gasteiger partial charge in [-0.25, -0.2) is 0 Å². The summed E-state index contributed by atoms with van der Waals surface area (Å²) in [6.45, 7) is -0.0715. The highest BCUT2D eigenvalue weighted by atomic mass is 35.5. The Kier molecular flexibility index (Phi) is 3.00. The standard InChI is InChI=1S/C10H12ClNO2S/c11-7-2-3-8(15-7)12-9(14)10(6-13)4-1-5-10/h2-3,13H,1,4-6H2,(H,12,14). The van der Waals surface area contributed by atoms with Gasteiger partial charge in [-0.15, -0.1) is 11.3 Å². The SMILES string of the molecule is O=C(Nc1ccc(Cl)s1)C1(CO)CCC1. The molecule has 2 rings (SSSR count). The van der Waals surface area contributed by atoms with Crippen molar-refractivity contribution in [3.05, 3.63) is 16.5 Å². The maximum atomic E-state index is 11.8. The van der Waals surface area contributed by atoms with Crippen LogP contribution in [0.2, 0.25) is 4.34 Å². The summed E-state index contributed by atoms with van der Waals surface area (Å²) in [6.07, 6.45) is 2.56. The van der Waals surface area contributed by atoms with Crippen molar-refractivity contribution >= 4 is 33.8 Å². The molecule has 1 aromatic heterocycles. The highest BCUT2D eigenvalue weighted by molar-refractivity contribution is 7.20. The summed E-state index contributed by atoms with van der Waals surface area (Å²) < 4.78 is 0.650. The summed E-state index contributed by atoms with van der Waals surface area (Å²) in [5.41, 5.74) is -0.545. The number of hydrogen-bond donors (Lipinski definition) is 2. The van der Waals surface area contributed by atoms with Gasteiger partial charge in [-0.3, -0.25) is 4.79 Å². The molecule has 82 valence electrons. The van der Waals surface area contributed by atoms with E-state index in [2.05, 4.69) is 5.32 Å². The molecule has 1 heterocycles. The van der Waals surface area contributed by atoms with E-state index in [4.69, 9.17) is 11.6 Å². The average molecular weight is 246 g/mol. The summed E-state index contributed by atoms with van der Waals surface area (Å²) in [4.78, 5) is 11.8. The Labute approximate surface area is 97.1 Å². The van der Waals surface area contributed by atoms with Crippen molar-refractivity contribution < 1.29 is 9.90 Å². The molecule has 1 aliphatic carbocycles. The third-order valence-corrected chi connectivity index (χ3v) is 4.05. The molecule has 1 aliphatic rings. The lowest BCUT2D eigenvalue weighted by Gasteiger charge is -2.38. The first-order valence-corrected chi connectivity index (χ1v) is 6.03. The second-order valence-electron chi connectivity index (χ2n) is 3.85. The van der Waals surface area contributed by atoms with Crippen LogP contribution in [0.5, 0.6) is 0 Å². The Bertz CT molecular complexity index is 368. The first-order valence-electron chi connectivity index (χ1n) is 4.84. The summed E-state index contributed by atoms with van der Waals surface area (Å²) in [5, 5.41) is 12.7. The Balaban J connectivity index is 2.03. The van der Waals surface area contributed by atoms with Crippen molar-refractivity contribution in [2.45, 2.75) is 19.3 Å². The molecule has 5 heteroatoms. The number of anilines is 1. The van der Waals surface area contributed by atoms with E-state index in [1.54, 1.807) is 12.1 Å². The molecule has 0 aliphatic heterocycles. The van der Waals surface area contributed by atoms with Crippen molar-refractivity contribution in [1.29, 1.82) is 0 Å². The van der Waals surface area contributed by atoms with Gasteiger partial charge in [-0.2, -0.15) is 0 Å². The molecule has 15 heavy (non-hydrogen) atoms. The molecule has 0 saturated heterocycles. The van der Waals surface area contributed by atoms with Gasteiger partial charge in [-0.05, 0) is 25.0 Å². The predicted octanol–water partition coefficient (Wildman–Crippen LogP) is 2.50. The van der Waals surface area contributed by atoms with Crippen LogP contribution in [0.4, 0.5) is 5.00 Å². The summed E-state index contributed by atoms with van der Waals surface area (Å²) in [7, 11) is 0. The van der Waals surface area contributed by atoms with Gasteiger partial charge in [0, 0.05) is 0 Å². The van der Waals surface area contributed by atoms with Gasteiger partial charge in [0.1, 0.15) is 0 Å². The van der Waals surface area contributed by atoms with Gasteiger partial charge in [-0.1, -0.05) is 18.0 Å². The minimum absolute atomic E-state index is 0.0715. The molecule has 1 amide bonds. The molecule has 0 unspecified atom stereocenters. The van der Waals surface area contributed by atoms with Crippen molar-refractivity contribution in [2.24, 2.45) is 5.41 Å². The molecule has 1 fully saturated rings. The number of aliphatic hydroxyl groups is 1. The first kappa shape index (κ1) is 10.9. The minimum Gasteiger partial charge on any atom is -0.395 e. The number of halogens is 1. The van der Waals surface area contributed by atoms with Gasteiger partial charge in [0.25, 0.3) is 0 Å². The van der Waals surface area contributed by atoms with Crippen molar-refractivity contribution in [2.75, 3.05) is 11.9 Å². The number of nitrogens with one attached hydrogen (secondary N) is 1.